The molecule has 4 N–H and O–H groups in total. The standard InChI is InChI=1S/C8H11N.C7H7NO/c9-7-6-8-4-2-1-3-5-8;8-7(9)6-4-2-1-3-5-6/h1-5H,6-7,9H2;1-5H,(H2,8,9). The van der Waals surface area contributed by atoms with E-state index in [1.54, 1.807) is 24.3 Å². The molecule has 2 rings (SSSR count). The highest BCUT2D eigenvalue weighted by Gasteiger charge is 1.93. The van der Waals surface area contributed by atoms with Gasteiger partial charge >= 0.3 is 0 Å². The molecule has 0 fully saturated rings. The van der Waals surface area contributed by atoms with Gasteiger partial charge in [-0.05, 0) is 30.7 Å². The molecule has 3 heteroatoms. The molecule has 18 heavy (non-hydrogen) atoms. The molecular formula is C15H18N2O. The summed E-state index contributed by atoms with van der Waals surface area (Å²) in [7, 11) is 0. The number of nitrogens with two attached hydrogens (primary N) is 2. The van der Waals surface area contributed by atoms with E-state index in [1.807, 2.05) is 24.3 Å². The second-order valence-electron chi connectivity index (χ2n) is 3.75. The average molecular weight is 242 g/mol. The maximum absolute atomic E-state index is 10.4. The van der Waals surface area contributed by atoms with E-state index in [4.69, 9.17) is 11.5 Å². The lowest BCUT2D eigenvalue weighted by atomic mass is 10.2. The molecule has 0 aliphatic heterocycles. The fraction of sp³-hybridized carbons (Fsp3) is 0.133. The van der Waals surface area contributed by atoms with E-state index < -0.39 is 0 Å². The topological polar surface area (TPSA) is 69.1 Å². The van der Waals surface area contributed by atoms with Crippen molar-refractivity contribution in [2.45, 2.75) is 6.42 Å². The van der Waals surface area contributed by atoms with Gasteiger partial charge in [-0.1, -0.05) is 48.5 Å². The Morgan fingerprint density at radius 3 is 1.78 bits per heavy atom. The summed E-state index contributed by atoms with van der Waals surface area (Å²) in [5.41, 5.74) is 12.2. The number of rotatable bonds is 3. The van der Waals surface area contributed by atoms with Crippen molar-refractivity contribution >= 4 is 5.91 Å². The average Bonchev–Trinajstić information content (AvgIpc) is 2.42. The van der Waals surface area contributed by atoms with E-state index in [0.717, 1.165) is 13.0 Å². The van der Waals surface area contributed by atoms with Crippen LogP contribution in [0.15, 0.2) is 60.7 Å². The Hall–Kier alpha value is -2.13. The van der Waals surface area contributed by atoms with Crippen molar-refractivity contribution in [1.29, 1.82) is 0 Å². The van der Waals surface area contributed by atoms with Crippen LogP contribution in [0.2, 0.25) is 0 Å². The van der Waals surface area contributed by atoms with Crippen LogP contribution >= 0.6 is 0 Å². The van der Waals surface area contributed by atoms with Gasteiger partial charge in [0.1, 0.15) is 0 Å². The Kier molecular flexibility index (Phi) is 6.22. The summed E-state index contributed by atoms with van der Waals surface area (Å²) in [6.07, 6.45) is 0.987. The molecule has 0 saturated carbocycles. The van der Waals surface area contributed by atoms with Crippen LogP contribution in [-0.4, -0.2) is 12.5 Å². The molecule has 0 aliphatic rings. The number of hydrogen-bond acceptors (Lipinski definition) is 2. The smallest absolute Gasteiger partial charge is 0.248 e. The van der Waals surface area contributed by atoms with Crippen LogP contribution in [0.25, 0.3) is 0 Å². The Morgan fingerprint density at radius 1 is 0.889 bits per heavy atom. The van der Waals surface area contributed by atoms with Gasteiger partial charge in [0.15, 0.2) is 0 Å². The molecule has 1 amide bonds. The summed E-state index contributed by atoms with van der Waals surface area (Å²) in [6, 6.07) is 19.0. The summed E-state index contributed by atoms with van der Waals surface area (Å²) in [4.78, 5) is 10.4. The predicted molar refractivity (Wildman–Crippen MR) is 74.2 cm³/mol. The van der Waals surface area contributed by atoms with Crippen LogP contribution in [0.5, 0.6) is 0 Å². The molecule has 0 saturated heterocycles. The number of hydrogen-bond donors (Lipinski definition) is 2. The van der Waals surface area contributed by atoms with Crippen molar-refractivity contribution < 1.29 is 4.79 Å². The lowest BCUT2D eigenvalue weighted by molar-refractivity contribution is 0.100. The highest BCUT2D eigenvalue weighted by Crippen LogP contribution is 1.97. The number of carbonyl (C=O) groups excluding carboxylic acids is 1. The van der Waals surface area contributed by atoms with Crippen molar-refractivity contribution in [1.82, 2.24) is 0 Å². The SMILES string of the molecule is NC(=O)c1ccccc1.NCCc1ccccc1. The molecule has 0 unspecified atom stereocenters. The third-order valence-corrected chi connectivity index (χ3v) is 2.33. The lowest BCUT2D eigenvalue weighted by Crippen LogP contribution is -2.09. The molecule has 0 radical (unpaired) electrons. The van der Waals surface area contributed by atoms with Gasteiger partial charge in [0.25, 0.3) is 0 Å². The Labute approximate surface area is 107 Å². The summed E-state index contributed by atoms with van der Waals surface area (Å²) in [5.74, 6) is -0.379. The first-order valence-corrected chi connectivity index (χ1v) is 5.83. The molecule has 3 nitrogen and oxygen atoms in total. The van der Waals surface area contributed by atoms with E-state index in [2.05, 4.69) is 12.1 Å². The van der Waals surface area contributed by atoms with Gasteiger partial charge in [0.2, 0.25) is 5.91 Å². The monoisotopic (exact) mass is 242 g/mol. The Morgan fingerprint density at radius 2 is 1.39 bits per heavy atom. The van der Waals surface area contributed by atoms with Gasteiger partial charge in [0, 0.05) is 5.56 Å². The lowest BCUT2D eigenvalue weighted by Gasteiger charge is -1.93. The number of carbonyl (C=O) groups is 1. The molecule has 0 heterocycles. The number of benzene rings is 2. The third-order valence-electron chi connectivity index (χ3n) is 2.33. The van der Waals surface area contributed by atoms with Crippen molar-refractivity contribution in [3.63, 3.8) is 0 Å². The minimum Gasteiger partial charge on any atom is -0.366 e. The predicted octanol–water partition coefficient (Wildman–Crippen LogP) is 1.97. The number of amides is 1. The van der Waals surface area contributed by atoms with Gasteiger partial charge in [-0.15, -0.1) is 0 Å². The minimum atomic E-state index is -0.379. The molecule has 0 bridgehead atoms. The summed E-state index contributed by atoms with van der Waals surface area (Å²) >= 11 is 0. The van der Waals surface area contributed by atoms with E-state index in [-0.39, 0.29) is 5.91 Å². The molecule has 2 aromatic carbocycles. The quantitative estimate of drug-likeness (QED) is 0.864. The van der Waals surface area contributed by atoms with Crippen molar-refractivity contribution in [3.05, 3.63) is 71.8 Å². The second kappa shape index (κ2) is 8.03. The van der Waals surface area contributed by atoms with E-state index in [0.29, 0.717) is 5.56 Å². The van der Waals surface area contributed by atoms with Crippen LogP contribution in [0.1, 0.15) is 15.9 Å². The van der Waals surface area contributed by atoms with Crippen LogP contribution in [-0.2, 0) is 6.42 Å². The molecular weight excluding hydrogens is 224 g/mol. The Bertz CT molecular complexity index is 454. The van der Waals surface area contributed by atoms with Crippen LogP contribution < -0.4 is 11.5 Å². The molecule has 0 spiro atoms. The second-order valence-corrected chi connectivity index (χ2v) is 3.75. The highest BCUT2D eigenvalue weighted by atomic mass is 16.1. The first-order valence-electron chi connectivity index (χ1n) is 5.83. The van der Waals surface area contributed by atoms with Crippen LogP contribution in [0.3, 0.4) is 0 Å². The van der Waals surface area contributed by atoms with E-state index >= 15 is 0 Å². The third kappa shape index (κ3) is 5.27. The van der Waals surface area contributed by atoms with Gasteiger partial charge in [0.05, 0.1) is 0 Å². The zero-order valence-corrected chi connectivity index (χ0v) is 10.3. The summed E-state index contributed by atoms with van der Waals surface area (Å²) in [5, 5.41) is 0. The van der Waals surface area contributed by atoms with Crippen LogP contribution in [0, 0.1) is 0 Å². The summed E-state index contributed by atoms with van der Waals surface area (Å²) in [6.45, 7) is 0.740. The van der Waals surface area contributed by atoms with E-state index in [9.17, 15) is 4.79 Å². The van der Waals surface area contributed by atoms with Crippen LogP contribution in [0.4, 0.5) is 0 Å². The fourth-order valence-electron chi connectivity index (χ4n) is 1.41. The minimum absolute atomic E-state index is 0.379. The largest absolute Gasteiger partial charge is 0.366 e. The zero-order valence-electron chi connectivity index (χ0n) is 10.3. The van der Waals surface area contributed by atoms with Crippen molar-refractivity contribution in [3.8, 4) is 0 Å². The first-order chi connectivity index (χ1) is 8.74. The van der Waals surface area contributed by atoms with Gasteiger partial charge in [-0.2, -0.15) is 0 Å². The fourth-order valence-corrected chi connectivity index (χ4v) is 1.41. The van der Waals surface area contributed by atoms with Gasteiger partial charge in [-0.3, -0.25) is 4.79 Å². The number of primary amides is 1. The molecule has 0 atom stereocenters. The Balaban J connectivity index is 0.000000180. The summed E-state index contributed by atoms with van der Waals surface area (Å²) < 4.78 is 0. The molecule has 94 valence electrons. The van der Waals surface area contributed by atoms with Crippen molar-refractivity contribution in [2.75, 3.05) is 6.54 Å². The zero-order chi connectivity index (χ0) is 13.2. The highest BCUT2D eigenvalue weighted by molar-refractivity contribution is 5.92. The molecule has 0 aromatic heterocycles. The maximum Gasteiger partial charge on any atom is 0.248 e. The van der Waals surface area contributed by atoms with E-state index in [1.165, 1.54) is 5.56 Å². The molecule has 0 aliphatic carbocycles. The van der Waals surface area contributed by atoms with Gasteiger partial charge in [-0.25, -0.2) is 0 Å². The first kappa shape index (κ1) is 13.9. The molecule has 2 aromatic rings. The maximum atomic E-state index is 10.4. The van der Waals surface area contributed by atoms with Crippen molar-refractivity contribution in [2.24, 2.45) is 11.5 Å². The van der Waals surface area contributed by atoms with Gasteiger partial charge < -0.3 is 11.5 Å². The normalized spacial score (nSPS) is 9.17.